The van der Waals surface area contributed by atoms with Gasteiger partial charge in [0, 0.05) is 6.92 Å². The van der Waals surface area contributed by atoms with Crippen LogP contribution in [0.15, 0.2) is 30.3 Å². The van der Waals surface area contributed by atoms with E-state index >= 15 is 0 Å². The summed E-state index contributed by atoms with van der Waals surface area (Å²) in [4.78, 5) is 10.9. The lowest BCUT2D eigenvalue weighted by Gasteiger charge is -2.13. The smallest absolute Gasteiger partial charge is 0.371 e. The van der Waals surface area contributed by atoms with Crippen LogP contribution >= 0.6 is 0 Å². The first-order chi connectivity index (χ1) is 6.00. The fourth-order valence-corrected chi connectivity index (χ4v) is 0.692. The van der Waals surface area contributed by atoms with Gasteiger partial charge in [0.05, 0.1) is 0 Å². The van der Waals surface area contributed by atoms with Gasteiger partial charge in [-0.2, -0.15) is 0 Å². The molecule has 0 unspecified atom stereocenters. The van der Waals surface area contributed by atoms with E-state index in [1.54, 1.807) is 30.3 Å². The third kappa shape index (κ3) is 2.85. The van der Waals surface area contributed by atoms with Crippen LogP contribution in [-0.2, 0) is 4.79 Å². The molecule has 0 aliphatic carbocycles. The number of carbonyl (C=O) groups is 1. The second-order valence-corrected chi connectivity index (χ2v) is 2.72. The highest BCUT2D eigenvalue weighted by molar-refractivity contribution is 5.78. The highest BCUT2D eigenvalue weighted by atomic mass is 16.6. The Kier molecular flexibility index (Phi) is 2.65. The molecule has 4 heteroatoms. The van der Waals surface area contributed by atoms with Gasteiger partial charge in [-0.1, -0.05) is 18.2 Å². The van der Waals surface area contributed by atoms with E-state index in [1.807, 2.05) is 0 Å². The van der Waals surface area contributed by atoms with Crippen LogP contribution in [0.1, 0.15) is 6.92 Å². The van der Waals surface area contributed by atoms with E-state index in [0.717, 1.165) is 6.92 Å². The van der Waals surface area contributed by atoms with Crippen LogP contribution in [0, 0.1) is 0 Å². The van der Waals surface area contributed by atoms with Crippen LogP contribution in [0.2, 0.25) is 0 Å². The molecular weight excluding hydrogens is 172 g/mol. The summed E-state index contributed by atoms with van der Waals surface area (Å²) in [5, 5.41) is 17.7. The predicted octanol–water partition coefficient (Wildman–Crippen LogP) is 0.293. The maximum Gasteiger partial charge on any atom is 0.371 e. The molecule has 1 rings (SSSR count). The minimum absolute atomic E-state index is 0.279. The number of rotatable bonds is 2. The molecule has 0 amide bonds. The molecule has 0 heterocycles. The summed E-state index contributed by atoms with van der Waals surface area (Å²) in [5.74, 6) is -3.27. The number of hydrogen-bond donors (Lipinski definition) is 2. The minimum atomic E-state index is -2.45. The number of para-hydroxylation sites is 1. The maximum absolute atomic E-state index is 10.9. The molecule has 0 aliphatic heterocycles. The molecule has 0 saturated heterocycles. The topological polar surface area (TPSA) is 66.8 Å². The van der Waals surface area contributed by atoms with Gasteiger partial charge in [-0.05, 0) is 12.1 Å². The summed E-state index contributed by atoms with van der Waals surface area (Å²) < 4.78 is 4.64. The summed E-state index contributed by atoms with van der Waals surface area (Å²) in [6.45, 7) is 0.943. The van der Waals surface area contributed by atoms with E-state index in [-0.39, 0.29) is 5.75 Å². The first kappa shape index (κ1) is 9.70. The van der Waals surface area contributed by atoms with Crippen molar-refractivity contribution in [3.8, 4) is 5.75 Å². The maximum atomic E-state index is 10.9. The Hall–Kier alpha value is -1.39. The number of hydrogen-bond acceptors (Lipinski definition) is 4. The lowest BCUT2D eigenvalue weighted by atomic mass is 10.3. The summed E-state index contributed by atoms with van der Waals surface area (Å²) in [6.07, 6.45) is 0. The Labute approximate surface area is 75.4 Å². The number of benzene rings is 1. The van der Waals surface area contributed by atoms with Crippen LogP contribution in [0.5, 0.6) is 5.75 Å². The number of aliphatic hydroxyl groups is 2. The van der Waals surface area contributed by atoms with Gasteiger partial charge in [0.15, 0.2) is 0 Å². The summed E-state index contributed by atoms with van der Waals surface area (Å²) in [7, 11) is 0. The van der Waals surface area contributed by atoms with Gasteiger partial charge < -0.3 is 14.9 Å². The van der Waals surface area contributed by atoms with Crippen molar-refractivity contribution in [2.75, 3.05) is 0 Å². The van der Waals surface area contributed by atoms with Crippen molar-refractivity contribution in [1.29, 1.82) is 0 Å². The average molecular weight is 182 g/mol. The van der Waals surface area contributed by atoms with Gasteiger partial charge in [0.1, 0.15) is 5.75 Å². The Balaban J connectivity index is 2.66. The van der Waals surface area contributed by atoms with E-state index in [9.17, 15) is 4.79 Å². The van der Waals surface area contributed by atoms with Crippen LogP contribution in [0.3, 0.4) is 0 Å². The molecule has 1 aromatic carbocycles. The Morgan fingerprint density at radius 2 is 1.85 bits per heavy atom. The van der Waals surface area contributed by atoms with Gasteiger partial charge in [0.25, 0.3) is 5.79 Å². The molecule has 0 fully saturated rings. The molecule has 70 valence electrons. The molecule has 4 nitrogen and oxygen atoms in total. The van der Waals surface area contributed by atoms with E-state index in [1.165, 1.54) is 0 Å². The largest absolute Gasteiger partial charge is 0.423 e. The average Bonchev–Trinajstić information content (AvgIpc) is 2.04. The molecule has 0 aliphatic rings. The summed E-state index contributed by atoms with van der Waals surface area (Å²) in [6, 6.07) is 8.20. The van der Waals surface area contributed by atoms with E-state index in [0.29, 0.717) is 0 Å². The highest BCUT2D eigenvalue weighted by Gasteiger charge is 2.29. The molecule has 1 aromatic rings. The molecule has 0 atom stereocenters. The van der Waals surface area contributed by atoms with Crippen LogP contribution in [0.4, 0.5) is 0 Å². The van der Waals surface area contributed by atoms with Crippen molar-refractivity contribution in [2.24, 2.45) is 0 Å². The highest BCUT2D eigenvalue weighted by Crippen LogP contribution is 2.11. The first-order valence-electron chi connectivity index (χ1n) is 3.72. The summed E-state index contributed by atoms with van der Waals surface area (Å²) in [5.41, 5.74) is 0. The fraction of sp³-hybridized carbons (Fsp3) is 0.222. The zero-order chi connectivity index (χ0) is 9.90. The van der Waals surface area contributed by atoms with Crippen molar-refractivity contribution in [1.82, 2.24) is 0 Å². The van der Waals surface area contributed by atoms with Gasteiger partial charge in [-0.3, -0.25) is 0 Å². The van der Waals surface area contributed by atoms with E-state index < -0.39 is 11.8 Å². The third-order valence-corrected chi connectivity index (χ3v) is 1.34. The summed E-state index contributed by atoms with van der Waals surface area (Å²) >= 11 is 0. The van der Waals surface area contributed by atoms with Gasteiger partial charge >= 0.3 is 5.97 Å². The van der Waals surface area contributed by atoms with Crippen molar-refractivity contribution in [3.63, 3.8) is 0 Å². The molecular formula is C9H10O4. The lowest BCUT2D eigenvalue weighted by molar-refractivity contribution is -0.193. The molecule has 0 spiro atoms. The molecule has 2 N–H and O–H groups in total. The second kappa shape index (κ2) is 3.55. The van der Waals surface area contributed by atoms with Gasteiger partial charge in [-0.25, -0.2) is 4.79 Å². The van der Waals surface area contributed by atoms with E-state index in [2.05, 4.69) is 4.74 Å². The number of ether oxygens (including phenoxy) is 1. The van der Waals surface area contributed by atoms with Crippen LogP contribution in [-0.4, -0.2) is 22.0 Å². The van der Waals surface area contributed by atoms with Crippen molar-refractivity contribution in [2.45, 2.75) is 12.7 Å². The quantitative estimate of drug-likeness (QED) is 0.392. The predicted molar refractivity (Wildman–Crippen MR) is 44.9 cm³/mol. The molecule has 13 heavy (non-hydrogen) atoms. The first-order valence-corrected chi connectivity index (χ1v) is 3.72. The standard InChI is InChI=1S/C9H10O4/c1-9(11,12)8(10)13-7-5-3-2-4-6-7/h2-6,11-12H,1H3. The zero-order valence-corrected chi connectivity index (χ0v) is 7.10. The number of esters is 1. The van der Waals surface area contributed by atoms with Crippen molar-refractivity contribution >= 4 is 5.97 Å². The van der Waals surface area contributed by atoms with Crippen LogP contribution < -0.4 is 4.74 Å². The monoisotopic (exact) mass is 182 g/mol. The zero-order valence-electron chi connectivity index (χ0n) is 7.10. The SMILES string of the molecule is CC(O)(O)C(=O)Oc1ccccc1. The normalized spacial score (nSPS) is 11.0. The van der Waals surface area contributed by atoms with Crippen molar-refractivity contribution < 1.29 is 19.7 Å². The fourth-order valence-electron chi connectivity index (χ4n) is 0.692. The van der Waals surface area contributed by atoms with E-state index in [4.69, 9.17) is 10.2 Å². The van der Waals surface area contributed by atoms with Crippen molar-refractivity contribution in [3.05, 3.63) is 30.3 Å². The number of carbonyl (C=O) groups excluding carboxylic acids is 1. The molecule has 0 bridgehead atoms. The minimum Gasteiger partial charge on any atom is -0.423 e. The molecule has 0 radical (unpaired) electrons. The second-order valence-electron chi connectivity index (χ2n) is 2.72. The van der Waals surface area contributed by atoms with Gasteiger partial charge in [-0.15, -0.1) is 0 Å². The Morgan fingerprint density at radius 1 is 1.31 bits per heavy atom. The molecule has 0 saturated carbocycles. The molecule has 0 aromatic heterocycles. The lowest BCUT2D eigenvalue weighted by Crippen LogP contribution is -2.38. The Morgan fingerprint density at radius 3 is 2.31 bits per heavy atom. The van der Waals surface area contributed by atoms with Gasteiger partial charge in [0.2, 0.25) is 0 Å². The van der Waals surface area contributed by atoms with Crippen LogP contribution in [0.25, 0.3) is 0 Å². The third-order valence-electron chi connectivity index (χ3n) is 1.34. The Bertz CT molecular complexity index is 286.